The van der Waals surface area contributed by atoms with Gasteiger partial charge in [0.05, 0.1) is 5.02 Å². The van der Waals surface area contributed by atoms with E-state index in [9.17, 15) is 18.5 Å². The molecular formula is C12H13ClFN3O5S. The lowest BCUT2D eigenvalue weighted by Crippen LogP contribution is -2.36. The van der Waals surface area contributed by atoms with Crippen LogP contribution in [-0.4, -0.2) is 42.9 Å². The van der Waals surface area contributed by atoms with Crippen LogP contribution in [0.5, 0.6) is 0 Å². The average Bonchev–Trinajstić information content (AvgIpc) is 2.37. The first kappa shape index (κ1) is 19.1. The Labute approximate surface area is 138 Å². The molecule has 0 saturated heterocycles. The summed E-state index contributed by atoms with van der Waals surface area (Å²) >= 11 is 4.10. The Morgan fingerprint density at radius 1 is 1.43 bits per heavy atom. The fraction of sp³-hybridized carbons (Fsp3) is 0.333. The maximum absolute atomic E-state index is 13.8. The lowest BCUT2D eigenvalue weighted by molar-refractivity contribution is 0.183. The van der Waals surface area contributed by atoms with Crippen LogP contribution in [0.4, 0.5) is 19.8 Å². The van der Waals surface area contributed by atoms with Gasteiger partial charge in [0.15, 0.2) is 11.6 Å². The van der Waals surface area contributed by atoms with Gasteiger partial charge in [0.2, 0.25) is 0 Å². The van der Waals surface area contributed by atoms with E-state index in [1.165, 1.54) is 0 Å². The third-order valence-electron chi connectivity index (χ3n) is 2.33. The number of imide groups is 1. The van der Waals surface area contributed by atoms with Crippen molar-refractivity contribution in [1.29, 1.82) is 0 Å². The molecule has 0 saturated carbocycles. The molecule has 0 spiro atoms. The first-order chi connectivity index (χ1) is 10.4. The van der Waals surface area contributed by atoms with Crippen LogP contribution in [0.1, 0.15) is 26.5 Å². The lowest BCUT2D eigenvalue weighted by atomic mass is 10.3. The second-order valence-corrected chi connectivity index (χ2v) is 7.50. The van der Waals surface area contributed by atoms with Gasteiger partial charge >= 0.3 is 12.2 Å². The van der Waals surface area contributed by atoms with Crippen LogP contribution >= 0.6 is 11.6 Å². The molecule has 0 aliphatic rings. The number of aromatic nitrogens is 1. The number of hydrogen-bond donors (Lipinski definition) is 2. The lowest BCUT2D eigenvalue weighted by Gasteiger charge is -2.18. The van der Waals surface area contributed by atoms with Gasteiger partial charge in [-0.3, -0.25) is 0 Å². The maximum atomic E-state index is 13.8. The Morgan fingerprint density at radius 2 is 1.96 bits per heavy atom. The minimum atomic E-state index is -1.94. The third-order valence-corrected chi connectivity index (χ3v) is 3.97. The van der Waals surface area contributed by atoms with Crippen LogP contribution in [0.2, 0.25) is 5.02 Å². The van der Waals surface area contributed by atoms with E-state index in [1.807, 2.05) is 0 Å². The van der Waals surface area contributed by atoms with E-state index >= 15 is 0 Å². The van der Waals surface area contributed by atoms with Crippen LogP contribution in [0.25, 0.3) is 0 Å². The Hall–Kier alpha value is -1.91. The first-order valence-electron chi connectivity index (χ1n) is 6.03. The molecule has 1 aromatic heterocycles. The summed E-state index contributed by atoms with van der Waals surface area (Å²) in [5, 5.41) is 17.4. The van der Waals surface area contributed by atoms with Gasteiger partial charge in [-0.15, -0.1) is 0 Å². The molecule has 1 atom stereocenters. The van der Waals surface area contributed by atoms with Gasteiger partial charge in [0.1, 0.15) is 28.0 Å². The predicted molar refractivity (Wildman–Crippen MR) is 83.2 cm³/mol. The van der Waals surface area contributed by atoms with Crippen molar-refractivity contribution in [2.24, 2.45) is 4.40 Å². The molecule has 0 fully saturated rings. The fourth-order valence-corrected chi connectivity index (χ4v) is 1.94. The highest BCUT2D eigenvalue weighted by Crippen LogP contribution is 2.24. The van der Waals surface area contributed by atoms with Gasteiger partial charge in [0.25, 0.3) is 0 Å². The van der Waals surface area contributed by atoms with Crippen LogP contribution in [-0.2, 0) is 11.4 Å². The molecule has 1 rings (SSSR count). The number of carbonyl (C=O) groups is 2. The highest BCUT2D eigenvalue weighted by Gasteiger charge is 2.29. The SMILES string of the molecule is CC(C)(C)[S@+]([O-])/N=C/c1nc(N(C(=O)O)C(=O)O)c(F)cc1Cl. The molecule has 2 amide bonds. The Bertz CT molecular complexity index is 651. The van der Waals surface area contributed by atoms with Gasteiger partial charge < -0.3 is 14.8 Å². The van der Waals surface area contributed by atoms with Crippen molar-refractivity contribution in [3.63, 3.8) is 0 Å². The summed E-state index contributed by atoms with van der Waals surface area (Å²) in [5.74, 6) is -2.22. The average molecular weight is 366 g/mol. The van der Waals surface area contributed by atoms with Crippen molar-refractivity contribution in [3.8, 4) is 0 Å². The zero-order valence-electron chi connectivity index (χ0n) is 12.3. The second-order valence-electron chi connectivity index (χ2n) is 5.16. The molecule has 23 heavy (non-hydrogen) atoms. The van der Waals surface area contributed by atoms with E-state index in [4.69, 9.17) is 21.8 Å². The molecule has 0 aromatic carbocycles. The van der Waals surface area contributed by atoms with Gasteiger partial charge in [0, 0.05) is 0 Å². The van der Waals surface area contributed by atoms with Gasteiger partial charge in [-0.05, 0) is 26.8 Å². The number of amides is 2. The van der Waals surface area contributed by atoms with Crippen LogP contribution in [0, 0.1) is 5.82 Å². The topological polar surface area (TPSA) is 126 Å². The Kier molecular flexibility index (Phi) is 5.92. The summed E-state index contributed by atoms with van der Waals surface area (Å²) in [6, 6.07) is 0.699. The Morgan fingerprint density at radius 3 is 2.39 bits per heavy atom. The molecule has 0 bridgehead atoms. The van der Waals surface area contributed by atoms with E-state index in [-0.39, 0.29) is 15.6 Å². The molecule has 0 aliphatic heterocycles. The summed E-state index contributed by atoms with van der Waals surface area (Å²) in [7, 11) is 0. The minimum Gasteiger partial charge on any atom is -0.591 e. The smallest absolute Gasteiger partial charge is 0.422 e. The molecule has 0 unspecified atom stereocenters. The quantitative estimate of drug-likeness (QED) is 0.626. The summed E-state index contributed by atoms with van der Waals surface area (Å²) in [5.41, 5.74) is -0.215. The molecule has 1 aromatic rings. The van der Waals surface area contributed by atoms with Gasteiger partial charge in [-0.1, -0.05) is 16.0 Å². The highest BCUT2D eigenvalue weighted by molar-refractivity contribution is 7.91. The van der Waals surface area contributed by atoms with E-state index in [0.29, 0.717) is 6.07 Å². The number of nitrogens with zero attached hydrogens (tertiary/aromatic N) is 3. The first-order valence-corrected chi connectivity index (χ1v) is 7.51. The van der Waals surface area contributed by atoms with Gasteiger partial charge in [-0.25, -0.2) is 19.0 Å². The number of rotatable bonds is 3. The summed E-state index contributed by atoms with van der Waals surface area (Å²) in [6.07, 6.45) is -2.91. The fourth-order valence-electron chi connectivity index (χ4n) is 1.24. The Balaban J connectivity index is 3.32. The van der Waals surface area contributed by atoms with E-state index in [0.717, 1.165) is 6.21 Å². The van der Waals surface area contributed by atoms with Crippen LogP contribution < -0.4 is 4.90 Å². The van der Waals surface area contributed by atoms with E-state index < -0.39 is 39.9 Å². The molecule has 8 nitrogen and oxygen atoms in total. The standard InChI is InChI=1S/C12H13ClFN3O5S/c1-12(2,3)23(22)15-5-8-6(13)4-7(14)9(16-8)17(10(18)19)11(20)21/h4-5H,1-3H3,(H,18,19)(H,20,21)/b15-5+/t23-/m0/s1. The second kappa shape index (κ2) is 7.11. The largest absolute Gasteiger partial charge is 0.591 e. The monoisotopic (exact) mass is 365 g/mol. The van der Waals surface area contributed by atoms with Gasteiger partial charge in [-0.2, -0.15) is 4.90 Å². The van der Waals surface area contributed by atoms with Crippen molar-refractivity contribution in [2.45, 2.75) is 25.5 Å². The highest BCUT2D eigenvalue weighted by atomic mass is 35.5. The third kappa shape index (κ3) is 4.78. The van der Waals surface area contributed by atoms with Crippen molar-refractivity contribution >= 4 is 47.2 Å². The summed E-state index contributed by atoms with van der Waals surface area (Å²) < 4.78 is 28.6. The molecule has 0 radical (unpaired) electrons. The molecule has 0 aliphatic carbocycles. The minimum absolute atomic E-state index is 0.215. The number of anilines is 1. The molecule has 1 heterocycles. The number of carboxylic acid groups (broad SMARTS) is 2. The number of halogens is 2. The zero-order valence-corrected chi connectivity index (χ0v) is 13.9. The maximum Gasteiger partial charge on any atom is 0.422 e. The normalized spacial score (nSPS) is 13.1. The van der Waals surface area contributed by atoms with Crippen LogP contribution in [0.3, 0.4) is 0 Å². The van der Waals surface area contributed by atoms with Crippen molar-refractivity contribution in [3.05, 3.63) is 22.6 Å². The summed E-state index contributed by atoms with van der Waals surface area (Å²) in [4.78, 5) is 25.1. The van der Waals surface area contributed by atoms with Crippen molar-refractivity contribution in [2.75, 3.05) is 4.90 Å². The molecule has 2 N–H and O–H groups in total. The van der Waals surface area contributed by atoms with Crippen LogP contribution in [0.15, 0.2) is 10.5 Å². The van der Waals surface area contributed by atoms with E-state index in [1.54, 1.807) is 20.8 Å². The molecule has 126 valence electrons. The molecular weight excluding hydrogens is 353 g/mol. The van der Waals surface area contributed by atoms with E-state index in [2.05, 4.69) is 9.38 Å². The number of pyridine rings is 1. The van der Waals surface area contributed by atoms with Crippen molar-refractivity contribution in [1.82, 2.24) is 4.98 Å². The summed E-state index contributed by atoms with van der Waals surface area (Å²) in [6.45, 7) is 5.01. The molecule has 11 heteroatoms. The predicted octanol–water partition coefficient (Wildman–Crippen LogP) is 2.92. The number of hydrogen-bond acceptors (Lipinski definition) is 5. The zero-order chi connectivity index (χ0) is 17.9. The van der Waals surface area contributed by atoms with Crippen molar-refractivity contribution < 1.29 is 28.7 Å².